The Morgan fingerprint density at radius 1 is 1.41 bits per heavy atom. The molecular formula is C13H21N3O. The molecule has 0 unspecified atom stereocenters. The monoisotopic (exact) mass is 235 g/mol. The van der Waals surface area contributed by atoms with E-state index in [4.69, 9.17) is 10.5 Å². The van der Waals surface area contributed by atoms with E-state index in [1.165, 1.54) is 0 Å². The Balaban J connectivity index is 2.50. The van der Waals surface area contributed by atoms with E-state index in [1.54, 1.807) is 7.11 Å². The van der Waals surface area contributed by atoms with Gasteiger partial charge >= 0.3 is 0 Å². The highest BCUT2D eigenvalue weighted by molar-refractivity contribution is 5.78. The lowest BCUT2D eigenvalue weighted by Gasteiger charge is -2.09. The van der Waals surface area contributed by atoms with Crippen LogP contribution in [0.1, 0.15) is 19.4 Å². The molecule has 0 atom stereocenters. The van der Waals surface area contributed by atoms with E-state index in [2.05, 4.69) is 10.3 Å². The second kappa shape index (κ2) is 6.78. The standard InChI is InChI=1S/C13H21N3O/c1-10(2)16-13(14)15-9-8-11-6-4-5-7-12(11)17-3/h4-7,10H,8-9H2,1-3H3,(H3,14,15,16). The minimum Gasteiger partial charge on any atom is -0.496 e. The van der Waals surface area contributed by atoms with Gasteiger partial charge in [-0.25, -0.2) is 0 Å². The zero-order chi connectivity index (χ0) is 12.7. The Bertz CT molecular complexity index is 375. The van der Waals surface area contributed by atoms with Crippen molar-refractivity contribution in [3.8, 4) is 5.75 Å². The quantitative estimate of drug-likeness (QED) is 0.601. The molecular weight excluding hydrogens is 214 g/mol. The maximum atomic E-state index is 5.72. The number of aliphatic imine (C=N–C) groups is 1. The van der Waals surface area contributed by atoms with Crippen LogP contribution in [0.25, 0.3) is 0 Å². The SMILES string of the molecule is COc1ccccc1CCN=C(N)NC(C)C. The summed E-state index contributed by atoms with van der Waals surface area (Å²) in [6.45, 7) is 4.72. The van der Waals surface area contributed by atoms with Crippen molar-refractivity contribution in [3.05, 3.63) is 29.8 Å². The molecule has 0 saturated heterocycles. The second-order valence-electron chi connectivity index (χ2n) is 4.13. The summed E-state index contributed by atoms with van der Waals surface area (Å²) in [7, 11) is 1.68. The summed E-state index contributed by atoms with van der Waals surface area (Å²) in [5.41, 5.74) is 6.87. The molecule has 0 radical (unpaired) electrons. The highest BCUT2D eigenvalue weighted by Gasteiger charge is 2.01. The van der Waals surface area contributed by atoms with Gasteiger partial charge in [0.15, 0.2) is 5.96 Å². The summed E-state index contributed by atoms with van der Waals surface area (Å²) in [4.78, 5) is 4.26. The van der Waals surface area contributed by atoms with Gasteiger partial charge < -0.3 is 15.8 Å². The molecule has 0 aliphatic rings. The molecule has 0 bridgehead atoms. The van der Waals surface area contributed by atoms with Crippen molar-refractivity contribution >= 4 is 5.96 Å². The topological polar surface area (TPSA) is 59.6 Å². The summed E-state index contributed by atoms with van der Waals surface area (Å²) < 4.78 is 5.27. The van der Waals surface area contributed by atoms with Crippen LogP contribution in [0.4, 0.5) is 0 Å². The Hall–Kier alpha value is -1.71. The number of hydrogen-bond acceptors (Lipinski definition) is 2. The lowest BCUT2D eigenvalue weighted by atomic mass is 10.1. The lowest BCUT2D eigenvalue weighted by molar-refractivity contribution is 0.410. The van der Waals surface area contributed by atoms with Crippen molar-refractivity contribution in [2.45, 2.75) is 26.3 Å². The third kappa shape index (κ3) is 4.76. The number of hydrogen-bond donors (Lipinski definition) is 2. The zero-order valence-corrected chi connectivity index (χ0v) is 10.7. The van der Waals surface area contributed by atoms with Gasteiger partial charge in [-0.15, -0.1) is 0 Å². The van der Waals surface area contributed by atoms with Gasteiger partial charge in [0.2, 0.25) is 0 Å². The Kier molecular flexibility index (Phi) is 5.33. The molecule has 0 heterocycles. The van der Waals surface area contributed by atoms with Crippen LogP contribution in [0.2, 0.25) is 0 Å². The molecule has 4 nitrogen and oxygen atoms in total. The fraction of sp³-hybridized carbons (Fsp3) is 0.462. The number of nitrogens with one attached hydrogen (secondary N) is 1. The van der Waals surface area contributed by atoms with Gasteiger partial charge in [-0.3, -0.25) is 4.99 Å². The van der Waals surface area contributed by atoms with Crippen LogP contribution in [-0.4, -0.2) is 25.7 Å². The van der Waals surface area contributed by atoms with E-state index in [9.17, 15) is 0 Å². The second-order valence-corrected chi connectivity index (χ2v) is 4.13. The van der Waals surface area contributed by atoms with Gasteiger partial charge in [-0.05, 0) is 31.9 Å². The van der Waals surface area contributed by atoms with Crippen molar-refractivity contribution in [3.63, 3.8) is 0 Å². The number of nitrogens with two attached hydrogens (primary N) is 1. The zero-order valence-electron chi connectivity index (χ0n) is 10.7. The average Bonchev–Trinajstić information content (AvgIpc) is 2.28. The van der Waals surface area contributed by atoms with Gasteiger partial charge in [0, 0.05) is 12.6 Å². The first-order valence-corrected chi connectivity index (χ1v) is 5.82. The van der Waals surface area contributed by atoms with Crippen molar-refractivity contribution in [1.82, 2.24) is 5.32 Å². The molecule has 0 saturated carbocycles. The fourth-order valence-electron chi connectivity index (χ4n) is 1.55. The molecule has 0 aliphatic carbocycles. The van der Waals surface area contributed by atoms with Gasteiger partial charge in [-0.1, -0.05) is 18.2 Å². The maximum absolute atomic E-state index is 5.72. The number of rotatable bonds is 5. The third-order valence-electron chi connectivity index (χ3n) is 2.29. The predicted octanol–water partition coefficient (Wildman–Crippen LogP) is 1.55. The number of guanidine groups is 1. The van der Waals surface area contributed by atoms with E-state index < -0.39 is 0 Å². The van der Waals surface area contributed by atoms with Crippen LogP contribution in [0, 0.1) is 0 Å². The Morgan fingerprint density at radius 3 is 2.76 bits per heavy atom. The minimum absolute atomic E-state index is 0.310. The molecule has 0 fully saturated rings. The van der Waals surface area contributed by atoms with E-state index in [0.29, 0.717) is 18.5 Å². The van der Waals surface area contributed by atoms with Gasteiger partial charge in [0.25, 0.3) is 0 Å². The summed E-state index contributed by atoms with van der Waals surface area (Å²) >= 11 is 0. The number of para-hydroxylation sites is 1. The van der Waals surface area contributed by atoms with Gasteiger partial charge in [-0.2, -0.15) is 0 Å². The summed E-state index contributed by atoms with van der Waals surface area (Å²) in [5.74, 6) is 1.40. The molecule has 1 aromatic carbocycles. The van der Waals surface area contributed by atoms with Crippen LogP contribution in [0.3, 0.4) is 0 Å². The van der Waals surface area contributed by atoms with Crippen LogP contribution >= 0.6 is 0 Å². The van der Waals surface area contributed by atoms with Crippen LogP contribution in [0.5, 0.6) is 5.75 Å². The highest BCUT2D eigenvalue weighted by atomic mass is 16.5. The normalized spacial score (nSPS) is 11.6. The molecule has 1 rings (SSSR count). The van der Waals surface area contributed by atoms with Crippen molar-refractivity contribution < 1.29 is 4.74 Å². The Labute approximate surface area is 103 Å². The summed E-state index contributed by atoms with van der Waals surface area (Å²) in [6, 6.07) is 8.26. The molecule has 0 spiro atoms. The molecule has 0 aromatic heterocycles. The number of nitrogens with zero attached hydrogens (tertiary/aromatic N) is 1. The first kappa shape index (κ1) is 13.4. The van der Waals surface area contributed by atoms with E-state index in [1.807, 2.05) is 38.1 Å². The third-order valence-corrected chi connectivity index (χ3v) is 2.29. The molecule has 1 aromatic rings. The fourth-order valence-corrected chi connectivity index (χ4v) is 1.55. The first-order valence-electron chi connectivity index (χ1n) is 5.82. The average molecular weight is 235 g/mol. The first-order chi connectivity index (χ1) is 8.13. The molecule has 4 heteroatoms. The van der Waals surface area contributed by atoms with E-state index in [0.717, 1.165) is 17.7 Å². The summed E-state index contributed by atoms with van der Waals surface area (Å²) in [6.07, 6.45) is 0.824. The van der Waals surface area contributed by atoms with Crippen LogP contribution in [0.15, 0.2) is 29.3 Å². The smallest absolute Gasteiger partial charge is 0.188 e. The largest absolute Gasteiger partial charge is 0.496 e. The lowest BCUT2D eigenvalue weighted by Crippen LogP contribution is -2.36. The van der Waals surface area contributed by atoms with Crippen molar-refractivity contribution in [1.29, 1.82) is 0 Å². The van der Waals surface area contributed by atoms with Crippen LogP contribution < -0.4 is 15.8 Å². The molecule has 3 N–H and O–H groups in total. The van der Waals surface area contributed by atoms with Gasteiger partial charge in [0.1, 0.15) is 5.75 Å². The van der Waals surface area contributed by atoms with Crippen LogP contribution in [-0.2, 0) is 6.42 Å². The highest BCUT2D eigenvalue weighted by Crippen LogP contribution is 2.17. The van der Waals surface area contributed by atoms with E-state index in [-0.39, 0.29) is 0 Å². The summed E-state index contributed by atoms with van der Waals surface area (Å²) in [5, 5.41) is 3.05. The number of benzene rings is 1. The maximum Gasteiger partial charge on any atom is 0.188 e. The van der Waals surface area contributed by atoms with Gasteiger partial charge in [0.05, 0.1) is 7.11 Å². The van der Waals surface area contributed by atoms with Crippen molar-refractivity contribution in [2.24, 2.45) is 10.7 Å². The van der Waals surface area contributed by atoms with Crippen molar-refractivity contribution in [2.75, 3.05) is 13.7 Å². The molecule has 0 aliphatic heterocycles. The Morgan fingerprint density at radius 2 is 2.12 bits per heavy atom. The molecule has 94 valence electrons. The molecule has 17 heavy (non-hydrogen) atoms. The molecule has 0 amide bonds. The van der Waals surface area contributed by atoms with E-state index >= 15 is 0 Å². The predicted molar refractivity (Wildman–Crippen MR) is 71.5 cm³/mol. The minimum atomic E-state index is 0.310. The number of ether oxygens (including phenoxy) is 1. The number of methoxy groups -OCH3 is 1.